The van der Waals surface area contributed by atoms with Gasteiger partial charge in [0.25, 0.3) is 5.69 Å². The molecule has 1 aromatic carbocycles. The summed E-state index contributed by atoms with van der Waals surface area (Å²) >= 11 is 0. The SMILES string of the molecule is C=C(C)COCc1ccccc1[N+](=O)[O-]. The zero-order valence-corrected chi connectivity index (χ0v) is 8.60. The van der Waals surface area contributed by atoms with Crippen molar-refractivity contribution in [2.24, 2.45) is 0 Å². The molecule has 0 radical (unpaired) electrons. The molecular formula is C11H13NO3. The summed E-state index contributed by atoms with van der Waals surface area (Å²) in [6.45, 7) is 6.19. The molecule has 0 N–H and O–H groups in total. The minimum Gasteiger partial charge on any atom is -0.372 e. The molecule has 0 heterocycles. The Balaban J connectivity index is 2.67. The van der Waals surface area contributed by atoms with Crippen molar-refractivity contribution in [2.75, 3.05) is 6.61 Å². The number of hydrogen-bond acceptors (Lipinski definition) is 3. The number of nitrogens with zero attached hydrogens (tertiary/aromatic N) is 1. The number of hydrogen-bond donors (Lipinski definition) is 0. The van der Waals surface area contributed by atoms with Crippen LogP contribution in [0.1, 0.15) is 12.5 Å². The lowest BCUT2D eigenvalue weighted by Gasteiger charge is -2.04. The van der Waals surface area contributed by atoms with Gasteiger partial charge in [0.05, 0.1) is 23.7 Å². The Morgan fingerprint density at radius 3 is 2.80 bits per heavy atom. The second-order valence-corrected chi connectivity index (χ2v) is 3.34. The largest absolute Gasteiger partial charge is 0.372 e. The van der Waals surface area contributed by atoms with E-state index in [1.807, 2.05) is 6.92 Å². The van der Waals surface area contributed by atoms with Crippen molar-refractivity contribution in [3.8, 4) is 0 Å². The van der Waals surface area contributed by atoms with Gasteiger partial charge < -0.3 is 4.74 Å². The van der Waals surface area contributed by atoms with Gasteiger partial charge in [-0.15, -0.1) is 0 Å². The average molecular weight is 207 g/mol. The normalized spacial score (nSPS) is 9.93. The molecule has 0 aliphatic rings. The highest BCUT2D eigenvalue weighted by molar-refractivity contribution is 5.39. The first-order valence-electron chi connectivity index (χ1n) is 4.55. The Labute approximate surface area is 88.3 Å². The molecule has 4 nitrogen and oxygen atoms in total. The molecule has 0 spiro atoms. The third-order valence-corrected chi connectivity index (χ3v) is 1.79. The topological polar surface area (TPSA) is 52.4 Å². The summed E-state index contributed by atoms with van der Waals surface area (Å²) in [5, 5.41) is 10.7. The molecule has 0 amide bonds. The second kappa shape index (κ2) is 5.26. The zero-order valence-electron chi connectivity index (χ0n) is 8.60. The van der Waals surface area contributed by atoms with Gasteiger partial charge in [0, 0.05) is 6.07 Å². The third kappa shape index (κ3) is 3.52. The minimum atomic E-state index is -0.403. The first kappa shape index (κ1) is 11.4. The Kier molecular flexibility index (Phi) is 4.00. The van der Waals surface area contributed by atoms with Crippen molar-refractivity contribution in [3.05, 3.63) is 52.1 Å². The maximum atomic E-state index is 10.7. The van der Waals surface area contributed by atoms with Gasteiger partial charge in [-0.05, 0) is 13.0 Å². The van der Waals surface area contributed by atoms with E-state index in [4.69, 9.17) is 4.74 Å². The maximum absolute atomic E-state index is 10.7. The van der Waals surface area contributed by atoms with Crippen molar-refractivity contribution < 1.29 is 9.66 Å². The van der Waals surface area contributed by atoms with Crippen molar-refractivity contribution in [1.29, 1.82) is 0 Å². The summed E-state index contributed by atoms with van der Waals surface area (Å²) in [7, 11) is 0. The number of rotatable bonds is 5. The van der Waals surface area contributed by atoms with Crippen LogP contribution in [0.2, 0.25) is 0 Å². The highest BCUT2D eigenvalue weighted by atomic mass is 16.6. The Bertz CT molecular complexity index is 374. The first-order valence-corrected chi connectivity index (χ1v) is 4.55. The van der Waals surface area contributed by atoms with E-state index in [0.29, 0.717) is 12.2 Å². The fourth-order valence-electron chi connectivity index (χ4n) is 1.15. The van der Waals surface area contributed by atoms with Gasteiger partial charge >= 0.3 is 0 Å². The molecule has 0 atom stereocenters. The van der Waals surface area contributed by atoms with Crippen molar-refractivity contribution in [2.45, 2.75) is 13.5 Å². The minimum absolute atomic E-state index is 0.0965. The fourth-order valence-corrected chi connectivity index (χ4v) is 1.15. The molecule has 0 unspecified atom stereocenters. The van der Waals surface area contributed by atoms with E-state index in [-0.39, 0.29) is 12.3 Å². The lowest BCUT2D eigenvalue weighted by molar-refractivity contribution is -0.385. The Morgan fingerprint density at radius 1 is 1.53 bits per heavy atom. The molecule has 0 bridgehead atoms. The molecule has 0 saturated heterocycles. The third-order valence-electron chi connectivity index (χ3n) is 1.79. The summed E-state index contributed by atoms with van der Waals surface area (Å²) in [4.78, 5) is 10.2. The van der Waals surface area contributed by atoms with Crippen LogP contribution in [0.3, 0.4) is 0 Å². The van der Waals surface area contributed by atoms with E-state index in [1.165, 1.54) is 6.07 Å². The van der Waals surface area contributed by atoms with E-state index in [9.17, 15) is 10.1 Å². The maximum Gasteiger partial charge on any atom is 0.274 e. The lowest BCUT2D eigenvalue weighted by Crippen LogP contribution is -1.99. The monoisotopic (exact) mass is 207 g/mol. The number of benzene rings is 1. The summed E-state index contributed by atoms with van der Waals surface area (Å²) in [6.07, 6.45) is 0. The average Bonchev–Trinajstić information content (AvgIpc) is 2.17. The quantitative estimate of drug-likeness (QED) is 0.423. The molecule has 0 saturated carbocycles. The van der Waals surface area contributed by atoms with E-state index >= 15 is 0 Å². The summed E-state index contributed by atoms with van der Waals surface area (Å²) < 4.78 is 5.27. The Morgan fingerprint density at radius 2 is 2.20 bits per heavy atom. The van der Waals surface area contributed by atoms with Gasteiger partial charge in [-0.25, -0.2) is 0 Å². The predicted molar refractivity (Wildman–Crippen MR) is 57.6 cm³/mol. The van der Waals surface area contributed by atoms with Crippen LogP contribution in [-0.2, 0) is 11.3 Å². The van der Waals surface area contributed by atoms with E-state index in [1.54, 1.807) is 18.2 Å². The van der Waals surface area contributed by atoms with Crippen LogP contribution in [0.15, 0.2) is 36.4 Å². The highest BCUT2D eigenvalue weighted by Gasteiger charge is 2.11. The molecule has 0 aliphatic carbocycles. The number of nitro benzene ring substituents is 1. The molecule has 80 valence electrons. The standard InChI is InChI=1S/C11H13NO3/c1-9(2)7-15-8-10-5-3-4-6-11(10)12(13)14/h3-6H,1,7-8H2,2H3. The molecule has 4 heteroatoms. The van der Waals surface area contributed by atoms with Crippen LogP contribution >= 0.6 is 0 Å². The second-order valence-electron chi connectivity index (χ2n) is 3.34. The van der Waals surface area contributed by atoms with E-state index < -0.39 is 4.92 Å². The highest BCUT2D eigenvalue weighted by Crippen LogP contribution is 2.18. The van der Waals surface area contributed by atoms with Crippen molar-refractivity contribution in [3.63, 3.8) is 0 Å². The number of nitro groups is 1. The smallest absolute Gasteiger partial charge is 0.274 e. The van der Waals surface area contributed by atoms with Crippen LogP contribution < -0.4 is 0 Å². The summed E-state index contributed by atoms with van der Waals surface area (Å²) in [6, 6.07) is 6.56. The molecule has 0 fully saturated rings. The van der Waals surface area contributed by atoms with E-state index in [2.05, 4.69) is 6.58 Å². The molecule has 0 aromatic heterocycles. The van der Waals surface area contributed by atoms with Crippen LogP contribution in [0.5, 0.6) is 0 Å². The predicted octanol–water partition coefficient (Wildman–Crippen LogP) is 2.69. The van der Waals surface area contributed by atoms with Gasteiger partial charge in [0.2, 0.25) is 0 Å². The van der Waals surface area contributed by atoms with Crippen molar-refractivity contribution >= 4 is 5.69 Å². The Hall–Kier alpha value is -1.68. The number of para-hydroxylation sites is 1. The summed E-state index contributed by atoms with van der Waals surface area (Å²) in [5.74, 6) is 0. The fraction of sp³-hybridized carbons (Fsp3) is 0.273. The number of ether oxygens (including phenoxy) is 1. The van der Waals surface area contributed by atoms with E-state index in [0.717, 1.165) is 5.57 Å². The van der Waals surface area contributed by atoms with Gasteiger partial charge in [-0.1, -0.05) is 24.3 Å². The molecule has 0 aliphatic heterocycles. The van der Waals surface area contributed by atoms with Gasteiger partial charge in [0.1, 0.15) is 0 Å². The van der Waals surface area contributed by atoms with Gasteiger partial charge in [-0.2, -0.15) is 0 Å². The first-order chi connectivity index (χ1) is 7.11. The van der Waals surface area contributed by atoms with Crippen LogP contribution in [0, 0.1) is 10.1 Å². The lowest BCUT2D eigenvalue weighted by atomic mass is 10.2. The van der Waals surface area contributed by atoms with Crippen LogP contribution in [-0.4, -0.2) is 11.5 Å². The van der Waals surface area contributed by atoms with Crippen molar-refractivity contribution in [1.82, 2.24) is 0 Å². The van der Waals surface area contributed by atoms with Crippen LogP contribution in [0.25, 0.3) is 0 Å². The van der Waals surface area contributed by atoms with Crippen LogP contribution in [0.4, 0.5) is 5.69 Å². The molecule has 1 aromatic rings. The molecular weight excluding hydrogens is 194 g/mol. The van der Waals surface area contributed by atoms with Gasteiger partial charge in [-0.3, -0.25) is 10.1 Å². The molecule has 1 rings (SSSR count). The molecule has 15 heavy (non-hydrogen) atoms. The van der Waals surface area contributed by atoms with Gasteiger partial charge in [0.15, 0.2) is 0 Å². The summed E-state index contributed by atoms with van der Waals surface area (Å²) in [5.41, 5.74) is 1.58. The zero-order chi connectivity index (χ0) is 11.3.